The summed E-state index contributed by atoms with van der Waals surface area (Å²) in [6.45, 7) is 0. The molecule has 1 atom stereocenters. The number of cyclic esters (lactones) is 2. The molecule has 0 saturated carbocycles. The van der Waals surface area contributed by atoms with E-state index in [9.17, 15) is 9.59 Å². The van der Waals surface area contributed by atoms with E-state index >= 15 is 0 Å². The Labute approximate surface area is 52.1 Å². The molecule has 44 valence electrons. The highest BCUT2D eigenvalue weighted by Crippen LogP contribution is 2.13. The first-order valence-electron chi connectivity index (χ1n) is 2.23. The normalized spacial score (nSPS) is 26.7. The molecular formula is C4H2BNO3. The molecule has 9 heavy (non-hydrogen) atoms. The van der Waals surface area contributed by atoms with Gasteiger partial charge < -0.3 is 4.74 Å². The Morgan fingerprint density at radius 2 is 2.11 bits per heavy atom. The lowest BCUT2D eigenvalue weighted by molar-refractivity contribution is -0.150. The van der Waals surface area contributed by atoms with E-state index in [1.165, 1.54) is 0 Å². The van der Waals surface area contributed by atoms with E-state index in [0.717, 1.165) is 0 Å². The molecule has 0 aromatic rings. The average molecular weight is 123 g/mol. The van der Waals surface area contributed by atoms with Gasteiger partial charge in [-0.15, -0.1) is 0 Å². The maximum atomic E-state index is 10.3. The molecule has 1 aliphatic heterocycles. The lowest BCUT2D eigenvalue weighted by atomic mass is 9.85. The predicted octanol–water partition coefficient (Wildman–Crippen LogP) is -0.953. The van der Waals surface area contributed by atoms with Crippen LogP contribution in [0.25, 0.3) is 0 Å². The van der Waals surface area contributed by atoms with Gasteiger partial charge in [-0.3, -0.25) is 10.2 Å². The molecule has 1 aliphatic rings. The third-order valence-electron chi connectivity index (χ3n) is 0.978. The van der Waals surface area contributed by atoms with E-state index in [2.05, 4.69) is 4.74 Å². The first-order valence-corrected chi connectivity index (χ1v) is 2.23. The topological polar surface area (TPSA) is 67.2 Å². The molecule has 0 aliphatic carbocycles. The van der Waals surface area contributed by atoms with Gasteiger partial charge in [0.15, 0.2) is 0 Å². The Morgan fingerprint density at radius 1 is 1.56 bits per heavy atom. The van der Waals surface area contributed by atoms with Gasteiger partial charge in [-0.05, 0) is 0 Å². The second-order valence-corrected chi connectivity index (χ2v) is 1.60. The number of carbonyl (C=O) groups is 2. The van der Waals surface area contributed by atoms with Crippen molar-refractivity contribution in [1.29, 1.82) is 5.41 Å². The first-order chi connectivity index (χ1) is 4.13. The summed E-state index contributed by atoms with van der Waals surface area (Å²) in [5, 5.41) is 6.77. The molecular weight excluding hydrogens is 121 g/mol. The lowest BCUT2D eigenvalue weighted by Crippen LogP contribution is -2.09. The van der Waals surface area contributed by atoms with E-state index in [0.29, 0.717) is 0 Å². The number of rotatable bonds is 0. The van der Waals surface area contributed by atoms with Crippen LogP contribution in [0, 0.1) is 5.41 Å². The molecule has 1 heterocycles. The van der Waals surface area contributed by atoms with Gasteiger partial charge in [-0.25, -0.2) is 4.79 Å². The van der Waals surface area contributed by atoms with Gasteiger partial charge in [0.2, 0.25) is 0 Å². The molecule has 0 amide bonds. The summed E-state index contributed by atoms with van der Waals surface area (Å²) in [7, 11) is 4.99. The maximum absolute atomic E-state index is 10.3. The minimum atomic E-state index is -1.17. The molecule has 5 heteroatoms. The molecule has 1 saturated heterocycles. The third kappa shape index (κ3) is 0.738. The fourth-order valence-electron chi connectivity index (χ4n) is 0.455. The Kier molecular flexibility index (Phi) is 1.12. The van der Waals surface area contributed by atoms with Crippen LogP contribution < -0.4 is 0 Å². The Bertz CT molecular complexity index is 200. The van der Waals surface area contributed by atoms with Crippen LogP contribution in [-0.4, -0.2) is 25.5 Å². The van der Waals surface area contributed by atoms with Crippen molar-refractivity contribution < 1.29 is 14.3 Å². The number of hydrogen-bond acceptors (Lipinski definition) is 4. The van der Waals surface area contributed by atoms with E-state index in [4.69, 9.17) is 13.3 Å². The number of hydrogen-bond donors (Lipinski definition) is 1. The monoisotopic (exact) mass is 123 g/mol. The molecule has 0 spiro atoms. The molecule has 0 bridgehead atoms. The van der Waals surface area contributed by atoms with Crippen LogP contribution >= 0.6 is 0 Å². The van der Waals surface area contributed by atoms with Gasteiger partial charge in [-0.1, -0.05) is 0 Å². The van der Waals surface area contributed by atoms with E-state index in [1.54, 1.807) is 0 Å². The fraction of sp³-hybridized carbons (Fsp3) is 0.250. The number of nitrogens with one attached hydrogen (secondary N) is 1. The van der Waals surface area contributed by atoms with E-state index in [-0.39, 0.29) is 0 Å². The average Bonchev–Trinajstić information content (AvgIpc) is 1.98. The quantitative estimate of drug-likeness (QED) is 0.256. The zero-order valence-electron chi connectivity index (χ0n) is 4.38. The zero-order chi connectivity index (χ0) is 7.02. The van der Waals surface area contributed by atoms with Crippen molar-refractivity contribution in [3.05, 3.63) is 0 Å². The Balaban J connectivity index is 2.90. The van der Waals surface area contributed by atoms with Gasteiger partial charge in [0.25, 0.3) is 0 Å². The summed E-state index contributed by atoms with van der Waals surface area (Å²) in [5.41, 5.74) is -0.472. The first kappa shape index (κ1) is 6.00. The number of carbonyl (C=O) groups excluding carboxylic acids is 2. The van der Waals surface area contributed by atoms with Crippen LogP contribution in [0.3, 0.4) is 0 Å². The molecule has 1 unspecified atom stereocenters. The van der Waals surface area contributed by atoms with Crippen LogP contribution in [0.5, 0.6) is 0 Å². The summed E-state index contributed by atoms with van der Waals surface area (Å²) in [6, 6.07) is 0. The fourth-order valence-corrected chi connectivity index (χ4v) is 0.455. The van der Waals surface area contributed by atoms with Crippen molar-refractivity contribution in [2.24, 2.45) is 0 Å². The van der Waals surface area contributed by atoms with Gasteiger partial charge in [0.05, 0.1) is 13.7 Å². The Morgan fingerprint density at radius 3 is 2.22 bits per heavy atom. The molecule has 2 radical (unpaired) electrons. The lowest BCUT2D eigenvalue weighted by Gasteiger charge is -1.87. The second kappa shape index (κ2) is 1.68. The van der Waals surface area contributed by atoms with Crippen LogP contribution in [0.1, 0.15) is 0 Å². The van der Waals surface area contributed by atoms with Crippen LogP contribution in [0.4, 0.5) is 0 Å². The van der Waals surface area contributed by atoms with E-state index < -0.39 is 23.5 Å². The molecule has 0 aromatic carbocycles. The molecule has 1 fully saturated rings. The highest BCUT2D eigenvalue weighted by molar-refractivity contribution is 6.57. The highest BCUT2D eigenvalue weighted by atomic mass is 16.6. The molecule has 4 nitrogen and oxygen atoms in total. The minimum absolute atomic E-state index is 0.472. The minimum Gasteiger partial charge on any atom is -0.389 e. The SMILES string of the molecule is [B]C1C(=N)C(=O)OC1=O. The standard InChI is InChI=1S/C4H2BNO3/c5-1-2(6)4(8)9-3(1)7/h1,6H. The molecule has 1 N–H and O–H groups in total. The summed E-state index contributed by atoms with van der Waals surface area (Å²) >= 11 is 0. The van der Waals surface area contributed by atoms with Crippen molar-refractivity contribution in [1.82, 2.24) is 0 Å². The van der Waals surface area contributed by atoms with Gasteiger partial charge in [-0.2, -0.15) is 0 Å². The number of ether oxygens (including phenoxy) is 1. The smallest absolute Gasteiger partial charge is 0.359 e. The van der Waals surface area contributed by atoms with Crippen molar-refractivity contribution in [2.75, 3.05) is 0 Å². The van der Waals surface area contributed by atoms with Crippen molar-refractivity contribution in [2.45, 2.75) is 5.82 Å². The third-order valence-corrected chi connectivity index (χ3v) is 0.978. The van der Waals surface area contributed by atoms with Gasteiger partial charge in [0, 0.05) is 0 Å². The highest BCUT2D eigenvalue weighted by Gasteiger charge is 2.35. The molecule has 0 aromatic heterocycles. The van der Waals surface area contributed by atoms with Crippen LogP contribution in [0.2, 0.25) is 5.82 Å². The van der Waals surface area contributed by atoms with Crippen LogP contribution in [0.15, 0.2) is 0 Å². The summed E-state index contributed by atoms with van der Waals surface area (Å²) in [4.78, 5) is 20.5. The summed E-state index contributed by atoms with van der Waals surface area (Å²) < 4.78 is 3.96. The number of esters is 2. The summed E-state index contributed by atoms with van der Waals surface area (Å²) in [6.07, 6.45) is 0. The maximum Gasteiger partial charge on any atom is 0.359 e. The molecule has 1 rings (SSSR count). The predicted molar refractivity (Wildman–Crippen MR) is 28.3 cm³/mol. The largest absolute Gasteiger partial charge is 0.389 e. The van der Waals surface area contributed by atoms with Crippen molar-refractivity contribution >= 4 is 25.5 Å². The van der Waals surface area contributed by atoms with E-state index in [1.807, 2.05) is 0 Å². The second-order valence-electron chi connectivity index (χ2n) is 1.60. The van der Waals surface area contributed by atoms with Gasteiger partial charge >= 0.3 is 11.9 Å². The summed E-state index contributed by atoms with van der Waals surface area (Å²) in [5.74, 6) is -2.95. The van der Waals surface area contributed by atoms with Crippen molar-refractivity contribution in [3.63, 3.8) is 0 Å². The van der Waals surface area contributed by atoms with Gasteiger partial charge in [0.1, 0.15) is 5.71 Å². The van der Waals surface area contributed by atoms with Crippen molar-refractivity contribution in [3.8, 4) is 0 Å². The zero-order valence-corrected chi connectivity index (χ0v) is 4.38. The Hall–Kier alpha value is -1.13. The van der Waals surface area contributed by atoms with Crippen LogP contribution in [-0.2, 0) is 14.3 Å².